The van der Waals surface area contributed by atoms with Gasteiger partial charge in [0.05, 0.1) is 6.20 Å². The first kappa shape index (κ1) is 14.0. The van der Waals surface area contributed by atoms with Gasteiger partial charge in [-0.1, -0.05) is 11.6 Å². The Morgan fingerprint density at radius 1 is 1.59 bits per heavy atom. The number of amides is 1. The summed E-state index contributed by atoms with van der Waals surface area (Å²) in [5, 5.41) is 3.32. The van der Waals surface area contributed by atoms with Gasteiger partial charge in [0, 0.05) is 13.6 Å². The molecule has 1 amide bonds. The van der Waals surface area contributed by atoms with Crippen LogP contribution in [0.1, 0.15) is 13.8 Å². The van der Waals surface area contributed by atoms with Crippen molar-refractivity contribution in [2.75, 3.05) is 18.9 Å². The Bertz CT molecular complexity index is 413. The van der Waals surface area contributed by atoms with E-state index in [0.717, 1.165) is 0 Å². The van der Waals surface area contributed by atoms with Gasteiger partial charge in [0.1, 0.15) is 11.1 Å². The second kappa shape index (κ2) is 6.02. The first-order chi connectivity index (χ1) is 7.95. The monoisotopic (exact) mass is 276 g/mol. The van der Waals surface area contributed by atoms with Crippen molar-refractivity contribution >= 4 is 34.9 Å². The number of carbonyl (C=O) groups is 1. The van der Waals surface area contributed by atoms with Crippen LogP contribution in [0.3, 0.4) is 0 Å². The molecule has 1 aromatic rings. The molecule has 1 rings (SSSR count). The number of nitrogens with zero attached hydrogens (tertiary/aromatic N) is 3. The second-order valence-corrected chi connectivity index (χ2v) is 4.30. The normalized spacial score (nSPS) is 12.1. The predicted molar refractivity (Wildman–Crippen MR) is 68.4 cm³/mol. The number of halogens is 2. The van der Waals surface area contributed by atoms with Gasteiger partial charge in [0.15, 0.2) is 5.82 Å². The van der Waals surface area contributed by atoms with E-state index in [9.17, 15) is 4.79 Å². The Hall–Kier alpha value is -1.07. The molecule has 0 aliphatic carbocycles. The largest absolute Gasteiger partial charge is 0.357 e. The van der Waals surface area contributed by atoms with Gasteiger partial charge in [-0.2, -0.15) is 4.98 Å². The SMILES string of the molecule is CCN(C)C(=O)C(C)Nc1nc(Cl)ncc1Cl. The highest BCUT2D eigenvalue weighted by Crippen LogP contribution is 2.20. The van der Waals surface area contributed by atoms with Gasteiger partial charge in [0.2, 0.25) is 11.2 Å². The predicted octanol–water partition coefficient (Wildman–Crippen LogP) is 2.06. The average molecular weight is 277 g/mol. The summed E-state index contributed by atoms with van der Waals surface area (Å²) in [6.45, 7) is 4.28. The van der Waals surface area contributed by atoms with E-state index in [1.54, 1.807) is 18.9 Å². The molecule has 5 nitrogen and oxygen atoms in total. The summed E-state index contributed by atoms with van der Waals surface area (Å²) >= 11 is 11.5. The fourth-order valence-corrected chi connectivity index (χ4v) is 1.48. The minimum atomic E-state index is -0.427. The fourth-order valence-electron chi connectivity index (χ4n) is 1.20. The van der Waals surface area contributed by atoms with E-state index in [1.807, 2.05) is 6.92 Å². The van der Waals surface area contributed by atoms with Gasteiger partial charge in [-0.3, -0.25) is 4.79 Å². The van der Waals surface area contributed by atoms with Gasteiger partial charge in [-0.05, 0) is 25.4 Å². The summed E-state index contributed by atoms with van der Waals surface area (Å²) in [5.41, 5.74) is 0. The van der Waals surface area contributed by atoms with Gasteiger partial charge < -0.3 is 10.2 Å². The number of aromatic nitrogens is 2. The molecule has 1 heterocycles. The van der Waals surface area contributed by atoms with Crippen LogP contribution < -0.4 is 5.32 Å². The molecule has 0 saturated carbocycles. The first-order valence-corrected chi connectivity index (χ1v) is 5.90. The van der Waals surface area contributed by atoms with Crippen LogP contribution in [0.5, 0.6) is 0 Å². The van der Waals surface area contributed by atoms with Gasteiger partial charge in [-0.15, -0.1) is 0 Å². The zero-order valence-corrected chi connectivity index (χ0v) is 11.4. The number of rotatable bonds is 4. The van der Waals surface area contributed by atoms with Crippen LogP contribution in [-0.2, 0) is 4.79 Å². The van der Waals surface area contributed by atoms with E-state index in [2.05, 4.69) is 15.3 Å². The molecule has 1 N–H and O–H groups in total. The number of likely N-dealkylation sites (N-methyl/N-ethyl adjacent to an activating group) is 1. The third kappa shape index (κ3) is 3.71. The summed E-state index contributed by atoms with van der Waals surface area (Å²) in [6.07, 6.45) is 1.39. The minimum Gasteiger partial charge on any atom is -0.357 e. The molecular formula is C10H14Cl2N4O. The van der Waals surface area contributed by atoms with Crippen LogP contribution in [-0.4, -0.2) is 40.4 Å². The molecule has 0 spiro atoms. The number of nitrogens with one attached hydrogen (secondary N) is 1. The summed E-state index contributed by atoms with van der Waals surface area (Å²) in [6, 6.07) is -0.427. The van der Waals surface area contributed by atoms with Crippen LogP contribution in [0.2, 0.25) is 10.3 Å². The van der Waals surface area contributed by atoms with Crippen LogP contribution >= 0.6 is 23.2 Å². The standard InChI is InChI=1S/C10H14Cl2N4O/c1-4-16(3)9(17)6(2)14-8-7(11)5-13-10(12)15-8/h5-6H,4H2,1-3H3,(H,13,14,15). The van der Waals surface area contributed by atoms with Crippen molar-refractivity contribution in [1.82, 2.24) is 14.9 Å². The summed E-state index contributed by atoms with van der Waals surface area (Å²) in [4.78, 5) is 21.1. The highest BCUT2D eigenvalue weighted by Gasteiger charge is 2.17. The van der Waals surface area contributed by atoms with E-state index >= 15 is 0 Å². The Labute approximate surface area is 110 Å². The molecule has 7 heteroatoms. The molecular weight excluding hydrogens is 263 g/mol. The van der Waals surface area contributed by atoms with Crippen molar-refractivity contribution in [3.05, 3.63) is 16.5 Å². The maximum Gasteiger partial charge on any atom is 0.244 e. The third-order valence-corrected chi connectivity index (χ3v) is 2.75. The van der Waals surface area contributed by atoms with Crippen molar-refractivity contribution in [1.29, 1.82) is 0 Å². The van der Waals surface area contributed by atoms with Gasteiger partial charge >= 0.3 is 0 Å². The van der Waals surface area contributed by atoms with Crippen molar-refractivity contribution < 1.29 is 4.79 Å². The average Bonchev–Trinajstić information content (AvgIpc) is 2.31. The highest BCUT2D eigenvalue weighted by atomic mass is 35.5. The molecule has 17 heavy (non-hydrogen) atoms. The van der Waals surface area contributed by atoms with E-state index in [0.29, 0.717) is 17.4 Å². The molecule has 94 valence electrons. The number of hydrogen-bond acceptors (Lipinski definition) is 4. The molecule has 0 aliphatic heterocycles. The lowest BCUT2D eigenvalue weighted by molar-refractivity contribution is -0.130. The zero-order valence-electron chi connectivity index (χ0n) is 9.87. The Morgan fingerprint density at radius 3 is 2.82 bits per heavy atom. The van der Waals surface area contributed by atoms with Crippen LogP contribution in [0.15, 0.2) is 6.20 Å². The maximum atomic E-state index is 11.8. The van der Waals surface area contributed by atoms with Crippen LogP contribution in [0, 0.1) is 0 Å². The summed E-state index contributed by atoms with van der Waals surface area (Å²) in [7, 11) is 1.73. The van der Waals surface area contributed by atoms with Crippen LogP contribution in [0.25, 0.3) is 0 Å². The van der Waals surface area contributed by atoms with E-state index in [-0.39, 0.29) is 11.2 Å². The lowest BCUT2D eigenvalue weighted by atomic mass is 10.3. The molecule has 0 aromatic carbocycles. The van der Waals surface area contributed by atoms with Crippen LogP contribution in [0.4, 0.5) is 5.82 Å². The molecule has 1 aromatic heterocycles. The molecule has 0 fully saturated rings. The maximum absolute atomic E-state index is 11.8. The summed E-state index contributed by atoms with van der Waals surface area (Å²) in [5.74, 6) is 0.315. The van der Waals surface area contributed by atoms with Crippen molar-refractivity contribution in [2.45, 2.75) is 19.9 Å². The number of hydrogen-bond donors (Lipinski definition) is 1. The minimum absolute atomic E-state index is 0.0432. The summed E-state index contributed by atoms with van der Waals surface area (Å²) < 4.78 is 0. The highest BCUT2D eigenvalue weighted by molar-refractivity contribution is 6.33. The molecule has 0 saturated heterocycles. The lowest BCUT2D eigenvalue weighted by Crippen LogP contribution is -2.39. The van der Waals surface area contributed by atoms with Crippen molar-refractivity contribution in [3.8, 4) is 0 Å². The second-order valence-electron chi connectivity index (χ2n) is 3.55. The Morgan fingerprint density at radius 2 is 2.24 bits per heavy atom. The molecule has 0 aliphatic rings. The van der Waals surface area contributed by atoms with Crippen molar-refractivity contribution in [2.24, 2.45) is 0 Å². The third-order valence-electron chi connectivity index (χ3n) is 2.29. The molecule has 1 unspecified atom stereocenters. The Balaban J connectivity index is 2.77. The lowest BCUT2D eigenvalue weighted by Gasteiger charge is -2.21. The van der Waals surface area contributed by atoms with Gasteiger partial charge in [0.25, 0.3) is 0 Å². The molecule has 0 bridgehead atoms. The smallest absolute Gasteiger partial charge is 0.244 e. The number of carbonyl (C=O) groups excluding carboxylic acids is 1. The molecule has 0 radical (unpaired) electrons. The van der Waals surface area contributed by atoms with E-state index < -0.39 is 6.04 Å². The molecule has 1 atom stereocenters. The topological polar surface area (TPSA) is 58.1 Å². The number of anilines is 1. The van der Waals surface area contributed by atoms with E-state index in [1.165, 1.54) is 6.20 Å². The van der Waals surface area contributed by atoms with Gasteiger partial charge in [-0.25, -0.2) is 4.98 Å². The Kier molecular flexibility index (Phi) is 4.96. The zero-order chi connectivity index (χ0) is 13.0. The van der Waals surface area contributed by atoms with E-state index in [4.69, 9.17) is 23.2 Å². The quantitative estimate of drug-likeness (QED) is 0.856. The fraction of sp³-hybridized carbons (Fsp3) is 0.500. The first-order valence-electron chi connectivity index (χ1n) is 5.15. The van der Waals surface area contributed by atoms with Crippen molar-refractivity contribution in [3.63, 3.8) is 0 Å².